The molecule has 1 heterocycles. The van der Waals surface area contributed by atoms with Crippen molar-refractivity contribution in [2.24, 2.45) is 11.8 Å². The predicted molar refractivity (Wildman–Crippen MR) is 102 cm³/mol. The Balaban J connectivity index is 1.81. The van der Waals surface area contributed by atoms with Crippen LogP contribution in [0.25, 0.3) is 0 Å². The Morgan fingerprint density at radius 3 is 2.59 bits per heavy atom. The number of methoxy groups -OCH3 is 1. The second-order valence-electron chi connectivity index (χ2n) is 7.91. The van der Waals surface area contributed by atoms with Gasteiger partial charge in [0.15, 0.2) is 0 Å². The number of hydrogen-bond acceptors (Lipinski definition) is 7. The average Bonchev–Trinajstić information content (AvgIpc) is 3.05. The van der Waals surface area contributed by atoms with Gasteiger partial charge in [0, 0.05) is 0 Å². The van der Waals surface area contributed by atoms with Gasteiger partial charge in [-0.1, -0.05) is 0 Å². The van der Waals surface area contributed by atoms with Crippen LogP contribution in [0.1, 0.15) is 71.1 Å². The van der Waals surface area contributed by atoms with Crippen molar-refractivity contribution in [2.75, 3.05) is 20.3 Å². The second-order valence-corrected chi connectivity index (χ2v) is 10.5. The number of carbonyl (C=O) groups excluding carboxylic acids is 2. The Hall–Kier alpha value is -0.450. The molecule has 1 saturated carbocycles. The number of carbonyl (C=O) groups is 2. The van der Waals surface area contributed by atoms with Crippen molar-refractivity contribution in [3.63, 3.8) is 0 Å². The number of unbranched alkanes of at least 4 members (excludes halogenated alkanes) is 3. The molecule has 7 nitrogen and oxygen atoms in total. The SMILES string of the molecule is COC(=O)CCCCCCC1C(OC(C)=O)CC([I-]OC2CCCCO2)[C@@H]1CO. The molecular formula is C21H36IO7-. The Labute approximate surface area is 185 Å². The standard InChI is InChI=1S/C21H36IO7/c1-15(24)28-19-13-18(22-29-21-11-7-8-12-27-21)17(14-23)16(19)9-5-3-4-6-10-20(25)26-2/h16-19,21,23H,3-14H2,1-2H3/q-1/t16?,17-,18?,19?,21?/m1/s1. The summed E-state index contributed by atoms with van der Waals surface area (Å²) < 4.78 is 22.3. The average molecular weight is 527 g/mol. The quantitative estimate of drug-likeness (QED) is 0.165. The van der Waals surface area contributed by atoms with Crippen LogP contribution in [0.15, 0.2) is 0 Å². The summed E-state index contributed by atoms with van der Waals surface area (Å²) in [5, 5.41) is 10.1. The Bertz CT molecular complexity index is 495. The summed E-state index contributed by atoms with van der Waals surface area (Å²) >= 11 is -0.594. The van der Waals surface area contributed by atoms with Crippen molar-refractivity contribution < 1.29 is 53.6 Å². The summed E-state index contributed by atoms with van der Waals surface area (Å²) in [6.45, 7) is 2.31. The van der Waals surface area contributed by atoms with E-state index < -0.39 is 21.6 Å². The number of aliphatic hydroxyl groups excluding tert-OH is 1. The maximum absolute atomic E-state index is 11.6. The minimum absolute atomic E-state index is 0.100. The Kier molecular flexibility index (Phi) is 11.8. The molecule has 0 aromatic rings. The third-order valence-corrected chi connectivity index (χ3v) is 8.72. The first kappa shape index (κ1) is 24.8. The van der Waals surface area contributed by atoms with Crippen molar-refractivity contribution in [1.29, 1.82) is 0 Å². The van der Waals surface area contributed by atoms with E-state index in [1.807, 2.05) is 0 Å². The molecule has 5 atom stereocenters. The fourth-order valence-corrected chi connectivity index (χ4v) is 7.18. The van der Waals surface area contributed by atoms with Gasteiger partial charge in [-0.25, -0.2) is 0 Å². The van der Waals surface area contributed by atoms with Gasteiger partial charge in [-0.05, 0) is 0 Å². The maximum atomic E-state index is 11.6. The van der Waals surface area contributed by atoms with E-state index in [-0.39, 0.29) is 46.7 Å². The van der Waals surface area contributed by atoms with Crippen molar-refractivity contribution >= 4 is 11.9 Å². The van der Waals surface area contributed by atoms with E-state index in [0.29, 0.717) is 6.42 Å². The zero-order valence-corrected chi connectivity index (χ0v) is 19.8. The van der Waals surface area contributed by atoms with Crippen molar-refractivity contribution in [3.05, 3.63) is 0 Å². The van der Waals surface area contributed by atoms with Crippen molar-refractivity contribution in [2.45, 2.75) is 87.5 Å². The van der Waals surface area contributed by atoms with Gasteiger partial charge in [0.2, 0.25) is 0 Å². The van der Waals surface area contributed by atoms with Crippen LogP contribution in [-0.2, 0) is 26.9 Å². The summed E-state index contributed by atoms with van der Waals surface area (Å²) in [4.78, 5) is 22.8. The van der Waals surface area contributed by atoms with Gasteiger partial charge >= 0.3 is 185 Å². The summed E-state index contributed by atoms with van der Waals surface area (Å²) in [6, 6.07) is 0. The fraction of sp³-hybridized carbons (Fsp3) is 0.905. The molecule has 1 N–H and O–H groups in total. The van der Waals surface area contributed by atoms with E-state index >= 15 is 0 Å². The number of halogens is 1. The van der Waals surface area contributed by atoms with Gasteiger partial charge in [-0.3, -0.25) is 0 Å². The van der Waals surface area contributed by atoms with Crippen LogP contribution in [-0.4, -0.2) is 53.7 Å². The van der Waals surface area contributed by atoms with Gasteiger partial charge in [0.25, 0.3) is 0 Å². The first-order valence-electron chi connectivity index (χ1n) is 10.8. The molecule has 0 aromatic carbocycles. The van der Waals surface area contributed by atoms with Crippen molar-refractivity contribution in [3.8, 4) is 0 Å². The van der Waals surface area contributed by atoms with Gasteiger partial charge in [-0.2, -0.15) is 0 Å². The van der Waals surface area contributed by atoms with Gasteiger partial charge in [0.05, 0.1) is 0 Å². The number of esters is 2. The Morgan fingerprint density at radius 1 is 1.14 bits per heavy atom. The summed E-state index contributed by atoms with van der Waals surface area (Å²) in [5.74, 6) is -0.134. The molecule has 0 spiro atoms. The number of alkyl halides is 1. The molecular weight excluding hydrogens is 491 g/mol. The molecule has 0 radical (unpaired) electrons. The molecule has 0 bridgehead atoms. The number of ether oxygens (including phenoxy) is 3. The van der Waals surface area contributed by atoms with Crippen LogP contribution in [0.4, 0.5) is 0 Å². The third-order valence-electron chi connectivity index (χ3n) is 5.78. The van der Waals surface area contributed by atoms with Gasteiger partial charge in [-0.15, -0.1) is 0 Å². The molecule has 2 aliphatic rings. The van der Waals surface area contributed by atoms with Crippen LogP contribution in [0.2, 0.25) is 0 Å². The zero-order valence-electron chi connectivity index (χ0n) is 17.6. The third kappa shape index (κ3) is 8.67. The second kappa shape index (κ2) is 13.8. The van der Waals surface area contributed by atoms with Gasteiger partial charge < -0.3 is 0 Å². The van der Waals surface area contributed by atoms with Crippen LogP contribution < -0.4 is 21.6 Å². The number of aliphatic hydroxyl groups is 1. The molecule has 0 aromatic heterocycles. The van der Waals surface area contributed by atoms with E-state index in [4.69, 9.17) is 12.5 Å². The molecule has 8 heteroatoms. The molecule has 1 aliphatic heterocycles. The van der Waals surface area contributed by atoms with E-state index in [1.54, 1.807) is 0 Å². The molecule has 1 aliphatic carbocycles. The minimum atomic E-state index is -0.594. The van der Waals surface area contributed by atoms with Crippen LogP contribution in [0.5, 0.6) is 0 Å². The molecule has 29 heavy (non-hydrogen) atoms. The normalized spacial score (nSPS) is 29.7. The van der Waals surface area contributed by atoms with Crippen molar-refractivity contribution in [1.82, 2.24) is 0 Å². The number of hydrogen-bond donors (Lipinski definition) is 1. The van der Waals surface area contributed by atoms with Crippen LogP contribution in [0.3, 0.4) is 0 Å². The van der Waals surface area contributed by atoms with Crippen LogP contribution >= 0.6 is 0 Å². The zero-order chi connectivity index (χ0) is 21.1. The fourth-order valence-electron chi connectivity index (χ4n) is 4.23. The number of rotatable bonds is 12. The molecule has 1 saturated heterocycles. The summed E-state index contributed by atoms with van der Waals surface area (Å²) in [5.41, 5.74) is 0. The molecule has 2 rings (SSSR count). The topological polar surface area (TPSA) is 91.3 Å². The monoisotopic (exact) mass is 527 g/mol. The molecule has 170 valence electrons. The predicted octanol–water partition coefficient (Wildman–Crippen LogP) is -0.0241. The van der Waals surface area contributed by atoms with E-state index in [1.165, 1.54) is 14.0 Å². The molecule has 4 unspecified atom stereocenters. The summed E-state index contributed by atoms with van der Waals surface area (Å²) in [6.07, 6.45) is 8.91. The first-order valence-corrected chi connectivity index (χ1v) is 12.9. The summed E-state index contributed by atoms with van der Waals surface area (Å²) in [7, 11) is 1.41. The van der Waals surface area contributed by atoms with Gasteiger partial charge in [0.1, 0.15) is 0 Å². The van der Waals surface area contributed by atoms with Crippen LogP contribution in [0, 0.1) is 11.8 Å². The van der Waals surface area contributed by atoms with E-state index in [9.17, 15) is 14.7 Å². The van der Waals surface area contributed by atoms with E-state index in [2.05, 4.69) is 4.74 Å². The first-order chi connectivity index (χ1) is 14.0. The Morgan fingerprint density at radius 2 is 1.93 bits per heavy atom. The van der Waals surface area contributed by atoms with E-state index in [0.717, 1.165) is 64.4 Å². The molecule has 0 amide bonds. The molecule has 2 fully saturated rings.